The first-order valence-corrected chi connectivity index (χ1v) is 5.28. The zero-order chi connectivity index (χ0) is 10.6. The number of nitrogens with one attached hydrogen (secondary N) is 1. The Hall–Kier alpha value is -0.160. The molecule has 0 aliphatic heterocycles. The van der Waals surface area contributed by atoms with E-state index in [0.717, 1.165) is 6.54 Å². The summed E-state index contributed by atoms with van der Waals surface area (Å²) >= 11 is 0. The number of nitrogens with zero attached hydrogens (tertiary/aromatic N) is 1. The van der Waals surface area contributed by atoms with Gasteiger partial charge in [0.25, 0.3) is 0 Å². The molecular formula is C10H22N2O2. The van der Waals surface area contributed by atoms with Gasteiger partial charge in [0.2, 0.25) is 0 Å². The van der Waals surface area contributed by atoms with E-state index in [1.807, 2.05) is 0 Å². The Balaban J connectivity index is 2.22. The van der Waals surface area contributed by atoms with Gasteiger partial charge in [-0.1, -0.05) is 0 Å². The molecule has 0 radical (unpaired) electrons. The van der Waals surface area contributed by atoms with Crippen LogP contribution in [0.2, 0.25) is 0 Å². The predicted octanol–water partition coefficient (Wildman–Crippen LogP) is -0.586. The van der Waals surface area contributed by atoms with Gasteiger partial charge in [0.15, 0.2) is 0 Å². The fourth-order valence-electron chi connectivity index (χ4n) is 1.90. The second-order valence-corrected chi connectivity index (χ2v) is 4.44. The number of hydrogen-bond acceptors (Lipinski definition) is 4. The van der Waals surface area contributed by atoms with Crippen molar-refractivity contribution in [2.24, 2.45) is 0 Å². The van der Waals surface area contributed by atoms with E-state index >= 15 is 0 Å². The van der Waals surface area contributed by atoms with Crippen molar-refractivity contribution in [3.8, 4) is 0 Å². The van der Waals surface area contributed by atoms with Crippen molar-refractivity contribution in [2.45, 2.75) is 30.9 Å². The van der Waals surface area contributed by atoms with Crippen LogP contribution < -0.4 is 5.32 Å². The van der Waals surface area contributed by atoms with Crippen LogP contribution in [0.3, 0.4) is 0 Å². The largest absolute Gasteiger partial charge is 0.394 e. The molecule has 0 saturated heterocycles. The van der Waals surface area contributed by atoms with Crippen LogP contribution in [0, 0.1) is 0 Å². The third-order valence-electron chi connectivity index (χ3n) is 3.28. The summed E-state index contributed by atoms with van der Waals surface area (Å²) in [6.07, 6.45) is 3.11. The topological polar surface area (TPSA) is 55.7 Å². The second-order valence-electron chi connectivity index (χ2n) is 4.44. The van der Waals surface area contributed by atoms with Gasteiger partial charge in [-0.15, -0.1) is 0 Å². The van der Waals surface area contributed by atoms with Gasteiger partial charge in [0, 0.05) is 18.6 Å². The summed E-state index contributed by atoms with van der Waals surface area (Å²) in [6, 6.07) is 0. The minimum atomic E-state index is -0.630. The molecule has 84 valence electrons. The molecule has 1 atom stereocenters. The highest BCUT2D eigenvalue weighted by molar-refractivity contribution is 4.97. The van der Waals surface area contributed by atoms with E-state index in [1.165, 1.54) is 19.3 Å². The Morgan fingerprint density at radius 2 is 2.07 bits per heavy atom. The predicted molar refractivity (Wildman–Crippen MR) is 56.2 cm³/mol. The summed E-state index contributed by atoms with van der Waals surface area (Å²) in [4.78, 5) is 2.26. The lowest BCUT2D eigenvalue weighted by Crippen LogP contribution is -2.57. The fourth-order valence-corrected chi connectivity index (χ4v) is 1.90. The van der Waals surface area contributed by atoms with Crippen molar-refractivity contribution in [2.75, 3.05) is 33.8 Å². The Morgan fingerprint density at radius 3 is 2.43 bits per heavy atom. The molecule has 0 aromatic heterocycles. The van der Waals surface area contributed by atoms with E-state index in [-0.39, 0.29) is 12.1 Å². The van der Waals surface area contributed by atoms with Gasteiger partial charge in [0.1, 0.15) is 0 Å². The lowest BCUT2D eigenvalue weighted by Gasteiger charge is -2.47. The molecule has 0 bridgehead atoms. The van der Waals surface area contributed by atoms with E-state index in [2.05, 4.69) is 24.3 Å². The molecule has 3 N–H and O–H groups in total. The summed E-state index contributed by atoms with van der Waals surface area (Å²) < 4.78 is 0. The van der Waals surface area contributed by atoms with E-state index in [0.29, 0.717) is 6.54 Å². The average molecular weight is 202 g/mol. The molecule has 1 saturated carbocycles. The maximum Gasteiger partial charge on any atom is 0.0894 e. The number of likely N-dealkylation sites (N-methyl/N-ethyl adjacent to an activating group) is 1. The summed E-state index contributed by atoms with van der Waals surface area (Å²) in [5.41, 5.74) is 0.287. The molecular weight excluding hydrogens is 180 g/mol. The van der Waals surface area contributed by atoms with Crippen LogP contribution in [-0.2, 0) is 0 Å². The third-order valence-corrected chi connectivity index (χ3v) is 3.28. The highest BCUT2D eigenvalue weighted by Gasteiger charge is 2.38. The molecule has 1 rings (SSSR count). The zero-order valence-corrected chi connectivity index (χ0v) is 9.16. The molecule has 1 aliphatic rings. The number of rotatable bonds is 6. The van der Waals surface area contributed by atoms with Crippen LogP contribution in [0.5, 0.6) is 0 Å². The first kappa shape index (κ1) is 11.9. The number of aliphatic hydroxyl groups excluding tert-OH is 2. The van der Waals surface area contributed by atoms with E-state index in [1.54, 1.807) is 0 Å². The molecule has 0 spiro atoms. The quantitative estimate of drug-likeness (QED) is 0.539. The van der Waals surface area contributed by atoms with Crippen LogP contribution in [0.25, 0.3) is 0 Å². The Kier molecular flexibility index (Phi) is 4.31. The van der Waals surface area contributed by atoms with Crippen molar-refractivity contribution >= 4 is 0 Å². The van der Waals surface area contributed by atoms with Crippen molar-refractivity contribution in [3.63, 3.8) is 0 Å². The highest BCUT2D eigenvalue weighted by atomic mass is 16.3. The molecule has 14 heavy (non-hydrogen) atoms. The van der Waals surface area contributed by atoms with Crippen LogP contribution in [0.4, 0.5) is 0 Å². The van der Waals surface area contributed by atoms with Gasteiger partial charge in [0.05, 0.1) is 12.7 Å². The zero-order valence-electron chi connectivity index (χ0n) is 9.16. The molecule has 4 nitrogen and oxygen atoms in total. The van der Waals surface area contributed by atoms with E-state index < -0.39 is 6.10 Å². The minimum Gasteiger partial charge on any atom is -0.394 e. The molecule has 0 aromatic carbocycles. The Morgan fingerprint density at radius 1 is 1.43 bits per heavy atom. The molecule has 1 unspecified atom stereocenters. The standard InChI is InChI=1S/C10H22N2O2/c1-12(2)10(4-3-5-10)8-11-6-9(14)7-13/h9,11,13-14H,3-8H2,1-2H3. The summed E-state index contributed by atoms with van der Waals surface area (Å²) in [5.74, 6) is 0. The van der Waals surface area contributed by atoms with Crippen LogP contribution in [-0.4, -0.2) is 60.5 Å². The van der Waals surface area contributed by atoms with E-state index in [9.17, 15) is 0 Å². The maximum atomic E-state index is 9.16. The molecule has 1 aliphatic carbocycles. The average Bonchev–Trinajstić information content (AvgIpc) is 2.08. The summed E-state index contributed by atoms with van der Waals surface area (Å²) in [6.45, 7) is 1.21. The molecule has 4 heteroatoms. The first-order chi connectivity index (χ1) is 6.60. The van der Waals surface area contributed by atoms with Gasteiger partial charge in [-0.05, 0) is 33.4 Å². The van der Waals surface area contributed by atoms with E-state index in [4.69, 9.17) is 10.2 Å². The molecule has 0 amide bonds. The van der Waals surface area contributed by atoms with Crippen molar-refractivity contribution in [1.82, 2.24) is 10.2 Å². The monoisotopic (exact) mass is 202 g/mol. The first-order valence-electron chi connectivity index (χ1n) is 5.28. The summed E-state index contributed by atoms with van der Waals surface area (Å²) in [5, 5.41) is 21.0. The third kappa shape index (κ3) is 2.67. The SMILES string of the molecule is CN(C)C1(CNCC(O)CO)CCC1. The fraction of sp³-hybridized carbons (Fsp3) is 1.00. The van der Waals surface area contributed by atoms with Crippen molar-refractivity contribution in [3.05, 3.63) is 0 Å². The Labute approximate surface area is 85.9 Å². The highest BCUT2D eigenvalue weighted by Crippen LogP contribution is 2.35. The number of aliphatic hydroxyl groups is 2. The van der Waals surface area contributed by atoms with Crippen LogP contribution in [0.1, 0.15) is 19.3 Å². The lowest BCUT2D eigenvalue weighted by molar-refractivity contribution is 0.0493. The van der Waals surface area contributed by atoms with Crippen molar-refractivity contribution < 1.29 is 10.2 Å². The Bertz CT molecular complexity index is 170. The van der Waals surface area contributed by atoms with Crippen LogP contribution in [0.15, 0.2) is 0 Å². The summed E-state index contributed by atoms with van der Waals surface area (Å²) in [7, 11) is 4.20. The van der Waals surface area contributed by atoms with Gasteiger partial charge in [-0.2, -0.15) is 0 Å². The maximum absolute atomic E-state index is 9.16. The lowest BCUT2D eigenvalue weighted by atomic mass is 9.75. The van der Waals surface area contributed by atoms with Gasteiger partial charge in [-0.25, -0.2) is 0 Å². The second kappa shape index (κ2) is 5.07. The smallest absolute Gasteiger partial charge is 0.0894 e. The van der Waals surface area contributed by atoms with Crippen molar-refractivity contribution in [1.29, 1.82) is 0 Å². The normalized spacial score (nSPS) is 22.1. The number of hydrogen-bond donors (Lipinski definition) is 3. The molecule has 0 heterocycles. The van der Waals surface area contributed by atoms with Gasteiger partial charge in [-0.3, -0.25) is 0 Å². The molecule has 1 fully saturated rings. The van der Waals surface area contributed by atoms with Gasteiger partial charge >= 0.3 is 0 Å². The molecule has 0 aromatic rings. The minimum absolute atomic E-state index is 0.165. The van der Waals surface area contributed by atoms with Gasteiger partial charge < -0.3 is 20.4 Å². The van der Waals surface area contributed by atoms with Crippen LogP contribution >= 0.6 is 0 Å².